The molecule has 22 heavy (non-hydrogen) atoms. The van der Waals surface area contributed by atoms with Gasteiger partial charge in [0.05, 0.1) is 11.9 Å². The number of anilines is 1. The van der Waals surface area contributed by atoms with E-state index in [4.69, 9.17) is 15.9 Å². The fraction of sp³-hybridized carbons (Fsp3) is 0.267. The second-order valence-corrected chi connectivity index (χ2v) is 5.15. The van der Waals surface area contributed by atoms with Crippen LogP contribution in [0.3, 0.4) is 0 Å². The van der Waals surface area contributed by atoms with Crippen LogP contribution in [0, 0.1) is 0 Å². The number of benzene rings is 1. The van der Waals surface area contributed by atoms with Gasteiger partial charge in [-0.3, -0.25) is 4.79 Å². The van der Waals surface area contributed by atoms with Gasteiger partial charge in [0.1, 0.15) is 22.7 Å². The summed E-state index contributed by atoms with van der Waals surface area (Å²) in [6.45, 7) is 0.101. The zero-order chi connectivity index (χ0) is 15.7. The summed E-state index contributed by atoms with van der Waals surface area (Å²) in [6, 6.07) is 5.30. The first kappa shape index (κ1) is 14.3. The lowest BCUT2D eigenvalue weighted by atomic mass is 10.1. The number of carbonyl (C=O) groups is 1. The molecule has 0 aliphatic rings. The standard InChI is InChI=1S/C15H16N4O3/c16-15-14-13(18-11(19-14)2-1-5-20)9-4-3-8(7-12(21)22)6-10(9)17-15/h3-4,6,20H,1-2,5,7H2,(H2,16,17)(H,18,19)(H,21,22). The summed E-state index contributed by atoms with van der Waals surface area (Å²) in [6.07, 6.45) is 1.19. The molecular weight excluding hydrogens is 284 g/mol. The van der Waals surface area contributed by atoms with Crippen molar-refractivity contribution in [3.05, 3.63) is 29.6 Å². The van der Waals surface area contributed by atoms with Gasteiger partial charge in [-0.15, -0.1) is 0 Å². The van der Waals surface area contributed by atoms with Gasteiger partial charge in [-0.2, -0.15) is 0 Å². The number of aliphatic hydroxyl groups excluding tert-OH is 1. The van der Waals surface area contributed by atoms with Crippen LogP contribution in [-0.2, 0) is 17.6 Å². The van der Waals surface area contributed by atoms with Gasteiger partial charge < -0.3 is 20.9 Å². The van der Waals surface area contributed by atoms with Crippen LogP contribution in [0.2, 0.25) is 0 Å². The number of nitrogens with one attached hydrogen (secondary N) is 1. The lowest BCUT2D eigenvalue weighted by Gasteiger charge is -2.03. The topological polar surface area (TPSA) is 125 Å². The summed E-state index contributed by atoms with van der Waals surface area (Å²) < 4.78 is 0. The molecule has 5 N–H and O–H groups in total. The van der Waals surface area contributed by atoms with Crippen molar-refractivity contribution < 1.29 is 15.0 Å². The minimum Gasteiger partial charge on any atom is -0.481 e. The minimum atomic E-state index is -0.889. The van der Waals surface area contributed by atoms with Gasteiger partial charge in [0.2, 0.25) is 0 Å². The third-order valence-corrected chi connectivity index (χ3v) is 3.49. The molecule has 2 aromatic heterocycles. The maximum atomic E-state index is 10.8. The summed E-state index contributed by atoms with van der Waals surface area (Å²) >= 11 is 0. The largest absolute Gasteiger partial charge is 0.481 e. The number of hydrogen-bond donors (Lipinski definition) is 4. The van der Waals surface area contributed by atoms with Crippen LogP contribution in [0.4, 0.5) is 5.82 Å². The number of imidazole rings is 1. The van der Waals surface area contributed by atoms with Crippen molar-refractivity contribution in [2.45, 2.75) is 19.3 Å². The smallest absolute Gasteiger partial charge is 0.307 e. The maximum Gasteiger partial charge on any atom is 0.307 e. The van der Waals surface area contributed by atoms with E-state index >= 15 is 0 Å². The molecule has 7 heteroatoms. The lowest BCUT2D eigenvalue weighted by Crippen LogP contribution is -2.00. The fourth-order valence-corrected chi connectivity index (χ4v) is 2.51. The zero-order valence-electron chi connectivity index (χ0n) is 11.8. The molecule has 0 aliphatic heterocycles. The second-order valence-electron chi connectivity index (χ2n) is 5.15. The van der Waals surface area contributed by atoms with E-state index in [0.29, 0.717) is 35.3 Å². The summed E-state index contributed by atoms with van der Waals surface area (Å²) in [4.78, 5) is 22.8. The Morgan fingerprint density at radius 1 is 1.32 bits per heavy atom. The molecule has 0 spiro atoms. The Hall–Kier alpha value is -2.67. The molecule has 0 fully saturated rings. The average molecular weight is 300 g/mol. The first-order valence-corrected chi connectivity index (χ1v) is 6.98. The molecule has 3 aromatic rings. The number of fused-ring (bicyclic) bond motifs is 3. The number of carboxylic acids is 1. The molecule has 0 unspecified atom stereocenters. The number of aryl methyl sites for hydroxylation is 1. The Balaban J connectivity index is 2.13. The van der Waals surface area contributed by atoms with Crippen molar-refractivity contribution in [1.82, 2.24) is 15.0 Å². The number of nitrogens with two attached hydrogens (primary N) is 1. The van der Waals surface area contributed by atoms with E-state index in [9.17, 15) is 4.79 Å². The molecule has 0 saturated heterocycles. The van der Waals surface area contributed by atoms with Crippen LogP contribution < -0.4 is 5.73 Å². The lowest BCUT2D eigenvalue weighted by molar-refractivity contribution is -0.136. The number of aromatic amines is 1. The first-order chi connectivity index (χ1) is 10.6. The molecule has 7 nitrogen and oxygen atoms in total. The molecule has 0 atom stereocenters. The summed E-state index contributed by atoms with van der Waals surface area (Å²) in [7, 11) is 0. The first-order valence-electron chi connectivity index (χ1n) is 6.98. The van der Waals surface area contributed by atoms with Crippen LogP contribution in [0.5, 0.6) is 0 Å². The zero-order valence-corrected chi connectivity index (χ0v) is 11.8. The Labute approximate surface area is 125 Å². The summed E-state index contributed by atoms with van der Waals surface area (Å²) in [5.41, 5.74) is 8.66. The molecule has 0 aliphatic carbocycles. The Kier molecular flexibility index (Phi) is 3.64. The number of nitrogen functional groups attached to an aromatic ring is 1. The van der Waals surface area contributed by atoms with E-state index in [0.717, 1.165) is 16.7 Å². The molecule has 0 radical (unpaired) electrons. The Morgan fingerprint density at radius 2 is 2.14 bits per heavy atom. The molecular formula is C15H16N4O3. The number of aliphatic carboxylic acids is 1. The maximum absolute atomic E-state index is 10.8. The quantitative estimate of drug-likeness (QED) is 0.562. The van der Waals surface area contributed by atoms with Gasteiger partial charge >= 0.3 is 5.97 Å². The predicted molar refractivity (Wildman–Crippen MR) is 82.6 cm³/mol. The normalized spacial score (nSPS) is 11.3. The molecule has 1 aromatic carbocycles. The molecule has 0 bridgehead atoms. The average Bonchev–Trinajstić information content (AvgIpc) is 2.89. The van der Waals surface area contributed by atoms with Gasteiger partial charge in [-0.05, 0) is 18.1 Å². The summed E-state index contributed by atoms with van der Waals surface area (Å²) in [5.74, 6) is 0.192. The van der Waals surface area contributed by atoms with Gasteiger partial charge in [0, 0.05) is 18.4 Å². The highest BCUT2D eigenvalue weighted by molar-refractivity contribution is 6.06. The van der Waals surface area contributed by atoms with Crippen molar-refractivity contribution in [2.24, 2.45) is 0 Å². The van der Waals surface area contributed by atoms with E-state index in [-0.39, 0.29) is 13.0 Å². The van der Waals surface area contributed by atoms with Crippen molar-refractivity contribution in [2.75, 3.05) is 12.3 Å². The van der Waals surface area contributed by atoms with Gasteiger partial charge in [0.15, 0.2) is 0 Å². The number of aliphatic hydroxyl groups is 1. The van der Waals surface area contributed by atoms with E-state index in [1.54, 1.807) is 12.1 Å². The number of rotatable bonds is 5. The second kappa shape index (κ2) is 5.61. The van der Waals surface area contributed by atoms with Crippen LogP contribution >= 0.6 is 0 Å². The molecule has 2 heterocycles. The van der Waals surface area contributed by atoms with Crippen LogP contribution in [-0.4, -0.2) is 37.7 Å². The predicted octanol–water partition coefficient (Wildman–Crippen LogP) is 1.25. The third kappa shape index (κ3) is 2.58. The molecule has 0 amide bonds. The van der Waals surface area contributed by atoms with Crippen LogP contribution in [0.1, 0.15) is 17.8 Å². The van der Waals surface area contributed by atoms with Gasteiger partial charge in [-0.1, -0.05) is 12.1 Å². The van der Waals surface area contributed by atoms with Crippen LogP contribution in [0.15, 0.2) is 18.2 Å². The highest BCUT2D eigenvalue weighted by Crippen LogP contribution is 2.27. The molecule has 3 rings (SSSR count). The Morgan fingerprint density at radius 3 is 2.86 bits per heavy atom. The number of H-pyrrole nitrogens is 1. The van der Waals surface area contributed by atoms with Crippen LogP contribution in [0.25, 0.3) is 21.9 Å². The molecule has 114 valence electrons. The van der Waals surface area contributed by atoms with E-state index in [2.05, 4.69) is 15.0 Å². The van der Waals surface area contributed by atoms with Gasteiger partial charge in [-0.25, -0.2) is 9.97 Å². The Bertz CT molecular complexity index is 857. The van der Waals surface area contributed by atoms with Crippen molar-refractivity contribution in [3.63, 3.8) is 0 Å². The highest BCUT2D eigenvalue weighted by Gasteiger charge is 2.12. The van der Waals surface area contributed by atoms with Crippen molar-refractivity contribution >= 4 is 33.7 Å². The van der Waals surface area contributed by atoms with Crippen molar-refractivity contribution in [1.29, 1.82) is 0 Å². The third-order valence-electron chi connectivity index (χ3n) is 3.49. The molecule has 0 saturated carbocycles. The summed E-state index contributed by atoms with van der Waals surface area (Å²) in [5, 5.41) is 18.6. The SMILES string of the molecule is Nc1nc2cc(CC(=O)O)ccc2c2nc(CCCO)[nH]c12. The van der Waals surface area contributed by atoms with E-state index in [1.807, 2.05) is 6.07 Å². The number of nitrogens with zero attached hydrogens (tertiary/aromatic N) is 2. The number of carboxylic acid groups (broad SMARTS) is 1. The number of pyridine rings is 1. The van der Waals surface area contributed by atoms with Crippen molar-refractivity contribution in [3.8, 4) is 0 Å². The van der Waals surface area contributed by atoms with E-state index < -0.39 is 5.97 Å². The number of aromatic nitrogens is 3. The monoisotopic (exact) mass is 300 g/mol. The highest BCUT2D eigenvalue weighted by atomic mass is 16.4. The minimum absolute atomic E-state index is 0.0577. The van der Waals surface area contributed by atoms with Gasteiger partial charge in [0.25, 0.3) is 0 Å². The number of hydrogen-bond acceptors (Lipinski definition) is 5. The fourth-order valence-electron chi connectivity index (χ4n) is 2.51. The van der Waals surface area contributed by atoms with E-state index in [1.165, 1.54) is 0 Å².